The summed E-state index contributed by atoms with van der Waals surface area (Å²) < 4.78 is 26.2. The Bertz CT molecular complexity index is 952. The number of phosphoric acid groups is 1. The summed E-state index contributed by atoms with van der Waals surface area (Å²) in [5.41, 5.74) is 0. The molecule has 1 unspecified atom stereocenters. The number of allylic oxidation sites excluding steroid dienone is 7. The third-order valence-corrected chi connectivity index (χ3v) is 8.07. The first-order valence-electron chi connectivity index (χ1n) is 18.4. The quantitative estimate of drug-likeness (QED) is 0.0271. The monoisotopic (exact) mass is 698 g/mol. The molecule has 0 fully saturated rings. The maximum Gasteiger partial charge on any atom is 0.469 e. The van der Waals surface area contributed by atoms with Gasteiger partial charge in [0.15, 0.2) is 6.10 Å². The highest BCUT2D eigenvalue weighted by Gasteiger charge is 2.22. The number of unbranched alkanes of at least 4 members (excludes halogenated alkanes) is 9. The van der Waals surface area contributed by atoms with Crippen LogP contribution in [0, 0.1) is 5.92 Å². The number of phosphoric ester groups is 1. The molecule has 0 aromatic rings. The van der Waals surface area contributed by atoms with Crippen LogP contribution in [0.3, 0.4) is 0 Å². The minimum absolute atomic E-state index is 0.120. The van der Waals surface area contributed by atoms with Gasteiger partial charge >= 0.3 is 19.8 Å². The van der Waals surface area contributed by atoms with E-state index in [1.807, 2.05) is 18.2 Å². The molecule has 0 aromatic carbocycles. The molecule has 0 aromatic heterocycles. The van der Waals surface area contributed by atoms with Crippen LogP contribution in [0.5, 0.6) is 0 Å². The zero-order valence-corrected chi connectivity index (χ0v) is 31.0. The van der Waals surface area contributed by atoms with Gasteiger partial charge in [0.05, 0.1) is 12.7 Å². The second-order valence-corrected chi connectivity index (χ2v) is 14.1. The molecular formula is C38H67O9P. The number of hydrogen-bond donors (Lipinski definition) is 3. The van der Waals surface area contributed by atoms with E-state index < -0.39 is 32.5 Å². The van der Waals surface area contributed by atoms with Crippen molar-refractivity contribution >= 4 is 19.8 Å². The number of carbonyl (C=O) groups excluding carboxylic acids is 2. The number of aliphatic hydroxyl groups excluding tert-OH is 1. The molecule has 10 heteroatoms. The predicted molar refractivity (Wildman–Crippen MR) is 194 cm³/mol. The molecule has 2 atom stereocenters. The van der Waals surface area contributed by atoms with Crippen molar-refractivity contribution < 1.29 is 43.0 Å². The van der Waals surface area contributed by atoms with Crippen LogP contribution in [0.1, 0.15) is 149 Å². The van der Waals surface area contributed by atoms with Crippen LogP contribution in [0.2, 0.25) is 0 Å². The van der Waals surface area contributed by atoms with Gasteiger partial charge in [-0.3, -0.25) is 14.1 Å². The lowest BCUT2D eigenvalue weighted by Gasteiger charge is -2.18. The highest BCUT2D eigenvalue weighted by molar-refractivity contribution is 7.46. The largest absolute Gasteiger partial charge is 0.469 e. The van der Waals surface area contributed by atoms with Crippen molar-refractivity contribution in [3.05, 3.63) is 48.6 Å². The predicted octanol–water partition coefficient (Wildman–Crippen LogP) is 9.61. The second-order valence-electron chi connectivity index (χ2n) is 12.9. The second kappa shape index (κ2) is 32.2. The van der Waals surface area contributed by atoms with Crippen LogP contribution < -0.4 is 0 Å². The van der Waals surface area contributed by atoms with Crippen molar-refractivity contribution in [2.75, 3.05) is 13.2 Å². The minimum atomic E-state index is -4.77. The SMILES string of the molecule is CCCC(O)C/C=C\C/C=C\C/C=C\C/C=C\CCCC(=O)O[C@H](COC(=O)CCCCCCCCCCCC(C)C)COP(=O)(O)O. The zero-order valence-electron chi connectivity index (χ0n) is 30.1. The van der Waals surface area contributed by atoms with Gasteiger partial charge in [0.25, 0.3) is 0 Å². The molecule has 48 heavy (non-hydrogen) atoms. The Morgan fingerprint density at radius 2 is 1.19 bits per heavy atom. The first kappa shape index (κ1) is 46.0. The standard InChI is InChI=1S/C38H67O9P/c1-4-27-35(39)29-24-20-16-12-8-6-5-7-9-13-18-22-26-31-38(41)47-36(33-46-48(42,43)44)32-45-37(40)30-25-21-17-14-10-11-15-19-23-28-34(2)3/h5,7-8,12-13,18,20,24,34-36,39H,4,6,9-11,14-17,19,21-23,25-33H2,1-3H3,(H2,42,43,44)/b7-5-,12-8-,18-13-,24-20-/t35?,36-/m1/s1. The van der Waals surface area contributed by atoms with Gasteiger partial charge < -0.3 is 24.4 Å². The molecule has 3 N–H and O–H groups in total. The summed E-state index contributed by atoms with van der Waals surface area (Å²) in [5, 5.41) is 9.69. The number of rotatable bonds is 32. The highest BCUT2D eigenvalue weighted by Crippen LogP contribution is 2.36. The fourth-order valence-corrected chi connectivity index (χ4v) is 5.22. The van der Waals surface area contributed by atoms with Crippen molar-refractivity contribution in [3.63, 3.8) is 0 Å². The molecule has 0 aliphatic heterocycles. The summed E-state index contributed by atoms with van der Waals surface area (Å²) >= 11 is 0. The van der Waals surface area contributed by atoms with Gasteiger partial charge in [0, 0.05) is 12.8 Å². The Balaban J connectivity index is 4.12. The first-order chi connectivity index (χ1) is 23.0. The maximum atomic E-state index is 12.3. The first-order valence-corrected chi connectivity index (χ1v) is 19.9. The molecule has 9 nitrogen and oxygen atoms in total. The molecule has 0 amide bonds. The van der Waals surface area contributed by atoms with Crippen molar-refractivity contribution in [2.24, 2.45) is 5.92 Å². The molecule has 0 radical (unpaired) electrons. The third-order valence-electron chi connectivity index (χ3n) is 7.58. The molecule has 0 heterocycles. The number of carbonyl (C=O) groups is 2. The van der Waals surface area contributed by atoms with Crippen molar-refractivity contribution in [1.29, 1.82) is 0 Å². The van der Waals surface area contributed by atoms with E-state index in [0.717, 1.165) is 57.3 Å². The lowest BCUT2D eigenvalue weighted by Crippen LogP contribution is -2.29. The van der Waals surface area contributed by atoms with E-state index in [9.17, 15) is 19.3 Å². The summed E-state index contributed by atoms with van der Waals surface area (Å²) in [4.78, 5) is 42.6. The van der Waals surface area contributed by atoms with E-state index in [1.165, 1.54) is 38.5 Å². The van der Waals surface area contributed by atoms with Gasteiger partial charge in [-0.1, -0.05) is 134 Å². The van der Waals surface area contributed by atoms with E-state index in [4.69, 9.17) is 19.3 Å². The van der Waals surface area contributed by atoms with E-state index in [1.54, 1.807) is 0 Å². The average Bonchev–Trinajstić information content (AvgIpc) is 3.02. The van der Waals surface area contributed by atoms with Crippen LogP contribution in [0.4, 0.5) is 0 Å². The molecule has 0 saturated carbocycles. The third kappa shape index (κ3) is 35.3. The molecule has 0 saturated heterocycles. The van der Waals surface area contributed by atoms with Crippen LogP contribution in [-0.4, -0.2) is 52.3 Å². The highest BCUT2D eigenvalue weighted by atomic mass is 31.2. The molecule has 0 spiro atoms. The molecular weight excluding hydrogens is 631 g/mol. The Morgan fingerprint density at radius 3 is 1.75 bits per heavy atom. The Labute approximate surface area is 291 Å². The summed E-state index contributed by atoms with van der Waals surface area (Å²) in [6.07, 6.45) is 33.4. The number of ether oxygens (including phenoxy) is 2. The van der Waals surface area contributed by atoms with Gasteiger partial charge in [-0.25, -0.2) is 4.57 Å². The Morgan fingerprint density at radius 1 is 0.667 bits per heavy atom. The fraction of sp³-hybridized carbons (Fsp3) is 0.737. The minimum Gasteiger partial charge on any atom is -0.462 e. The van der Waals surface area contributed by atoms with E-state index in [2.05, 4.69) is 55.7 Å². The molecule has 0 bridgehead atoms. The van der Waals surface area contributed by atoms with Crippen molar-refractivity contribution in [2.45, 2.75) is 161 Å². The topological polar surface area (TPSA) is 140 Å². The molecule has 0 aliphatic rings. The summed E-state index contributed by atoms with van der Waals surface area (Å²) in [6, 6.07) is 0. The Hall–Kier alpha value is -2.03. The summed E-state index contributed by atoms with van der Waals surface area (Å²) in [7, 11) is -4.77. The van der Waals surface area contributed by atoms with E-state index in [0.29, 0.717) is 25.7 Å². The number of hydrogen-bond acceptors (Lipinski definition) is 7. The lowest BCUT2D eigenvalue weighted by molar-refractivity contribution is -0.161. The average molecular weight is 699 g/mol. The van der Waals surface area contributed by atoms with Gasteiger partial charge in [-0.15, -0.1) is 0 Å². The number of aliphatic hydroxyl groups is 1. The van der Waals surface area contributed by atoms with Gasteiger partial charge in [-0.05, 0) is 57.3 Å². The van der Waals surface area contributed by atoms with Crippen molar-refractivity contribution in [3.8, 4) is 0 Å². The van der Waals surface area contributed by atoms with Gasteiger partial charge in [0.1, 0.15) is 6.61 Å². The van der Waals surface area contributed by atoms with Crippen molar-refractivity contribution in [1.82, 2.24) is 0 Å². The fourth-order valence-electron chi connectivity index (χ4n) is 4.86. The van der Waals surface area contributed by atoms with E-state index in [-0.39, 0.29) is 25.6 Å². The molecule has 0 aliphatic carbocycles. The van der Waals surface area contributed by atoms with E-state index >= 15 is 0 Å². The Kier molecular flexibility index (Phi) is 30.8. The van der Waals surface area contributed by atoms with Crippen LogP contribution in [-0.2, 0) is 28.2 Å². The molecule has 278 valence electrons. The normalized spacial score (nSPS) is 13.8. The lowest BCUT2D eigenvalue weighted by atomic mass is 10.0. The summed E-state index contributed by atoms with van der Waals surface area (Å²) in [5.74, 6) is -0.194. The van der Waals surface area contributed by atoms with Crippen LogP contribution in [0.25, 0.3) is 0 Å². The maximum absolute atomic E-state index is 12.3. The van der Waals surface area contributed by atoms with Crippen LogP contribution in [0.15, 0.2) is 48.6 Å². The van der Waals surface area contributed by atoms with Gasteiger partial charge in [0.2, 0.25) is 0 Å². The summed E-state index contributed by atoms with van der Waals surface area (Å²) in [6.45, 7) is 5.71. The van der Waals surface area contributed by atoms with Gasteiger partial charge in [-0.2, -0.15) is 0 Å². The molecule has 0 rings (SSSR count). The van der Waals surface area contributed by atoms with Crippen LogP contribution >= 0.6 is 7.82 Å². The zero-order chi connectivity index (χ0) is 35.7. The smallest absolute Gasteiger partial charge is 0.462 e. The number of esters is 2.